The second kappa shape index (κ2) is 3.43. The van der Waals surface area contributed by atoms with E-state index in [1.54, 1.807) is 0 Å². The first-order valence-electron chi connectivity index (χ1n) is 6.53. The van der Waals surface area contributed by atoms with Gasteiger partial charge < -0.3 is 0 Å². The highest BCUT2D eigenvalue weighted by Gasteiger charge is 2.32. The van der Waals surface area contributed by atoms with Crippen LogP contribution in [0.4, 0.5) is 0 Å². The summed E-state index contributed by atoms with van der Waals surface area (Å²) in [6.45, 7) is 0.913. The monoisotopic (exact) mass is 279 g/mol. The minimum Gasteiger partial charge on any atom is -0.264 e. The van der Waals surface area contributed by atoms with Gasteiger partial charge in [0.15, 0.2) is 0 Å². The summed E-state index contributed by atoms with van der Waals surface area (Å²) in [6.07, 6.45) is 5.69. The summed E-state index contributed by atoms with van der Waals surface area (Å²) in [5.41, 5.74) is 4.95. The van der Waals surface area contributed by atoms with Crippen LogP contribution in [0.1, 0.15) is 5.56 Å². The molecule has 0 unspecified atom stereocenters. The zero-order valence-corrected chi connectivity index (χ0v) is 11.7. The van der Waals surface area contributed by atoms with Crippen molar-refractivity contribution < 1.29 is 4.57 Å². The lowest BCUT2D eigenvalue weighted by atomic mass is 10.2. The summed E-state index contributed by atoms with van der Waals surface area (Å²) >= 11 is 1.82. The number of rotatable bonds is 0. The van der Waals surface area contributed by atoms with E-state index in [9.17, 15) is 0 Å². The van der Waals surface area contributed by atoms with E-state index < -0.39 is 0 Å². The molecule has 0 bridgehead atoms. The van der Waals surface area contributed by atoms with Gasteiger partial charge >= 0.3 is 5.65 Å². The molecule has 0 atom stereocenters. The number of aromatic nitrogens is 4. The molecule has 1 aliphatic rings. The molecule has 4 nitrogen and oxygen atoms in total. The highest BCUT2D eigenvalue weighted by atomic mass is 32.1. The summed E-state index contributed by atoms with van der Waals surface area (Å²) in [4.78, 5) is 8.82. The lowest BCUT2D eigenvalue weighted by Gasteiger charge is -1.93. The van der Waals surface area contributed by atoms with E-state index in [2.05, 4.69) is 38.3 Å². The highest BCUT2D eigenvalue weighted by Crippen LogP contribution is 2.38. The van der Waals surface area contributed by atoms with Crippen molar-refractivity contribution in [2.45, 2.75) is 6.54 Å². The molecule has 0 aromatic carbocycles. The topological polar surface area (TPSA) is 34.6 Å². The van der Waals surface area contributed by atoms with Crippen molar-refractivity contribution in [3.8, 4) is 10.7 Å². The van der Waals surface area contributed by atoms with Crippen molar-refractivity contribution in [3.05, 3.63) is 42.4 Å². The van der Waals surface area contributed by atoms with Crippen molar-refractivity contribution in [1.82, 2.24) is 14.5 Å². The first kappa shape index (κ1) is 10.5. The second-order valence-electron chi connectivity index (χ2n) is 5.11. The normalized spacial score (nSPS) is 13.1. The molecule has 0 spiro atoms. The Morgan fingerprint density at radius 3 is 3.20 bits per heavy atom. The van der Waals surface area contributed by atoms with Gasteiger partial charge in [0.2, 0.25) is 5.01 Å². The van der Waals surface area contributed by atoms with Crippen LogP contribution in [0.2, 0.25) is 0 Å². The van der Waals surface area contributed by atoms with Gasteiger partial charge in [0, 0.05) is 30.2 Å². The van der Waals surface area contributed by atoms with E-state index in [4.69, 9.17) is 0 Å². The molecule has 4 aromatic heterocycles. The van der Waals surface area contributed by atoms with Gasteiger partial charge in [-0.15, -0.1) is 0 Å². The predicted octanol–water partition coefficient (Wildman–Crippen LogP) is 2.50. The Kier molecular flexibility index (Phi) is 1.80. The first-order valence-corrected chi connectivity index (χ1v) is 7.35. The molecule has 5 heterocycles. The summed E-state index contributed by atoms with van der Waals surface area (Å²) in [7, 11) is 2.13. The third-order valence-corrected chi connectivity index (χ3v) is 5.26. The second-order valence-corrected chi connectivity index (χ2v) is 6.11. The highest BCUT2D eigenvalue weighted by molar-refractivity contribution is 7.22. The Labute approximate surface area is 119 Å². The van der Waals surface area contributed by atoms with Gasteiger partial charge in [0.25, 0.3) is 0 Å². The van der Waals surface area contributed by atoms with Crippen LogP contribution in [0.5, 0.6) is 0 Å². The number of aryl methyl sites for hydroxylation is 1. The van der Waals surface area contributed by atoms with Crippen molar-refractivity contribution >= 4 is 32.6 Å². The summed E-state index contributed by atoms with van der Waals surface area (Å²) in [5.74, 6) is 0. The standard InChI is InChI=1S/C15H11N4S/c1-18-11-4-6-16-7-10(11)13-14(18)19-8-9-3-2-5-17-12(9)15(19)20-13/h2-7H,8H2,1H3/q+1. The van der Waals surface area contributed by atoms with Crippen LogP contribution in [-0.4, -0.2) is 14.5 Å². The van der Waals surface area contributed by atoms with Crippen LogP contribution in [0.15, 0.2) is 36.8 Å². The first-order chi connectivity index (χ1) is 9.84. The van der Waals surface area contributed by atoms with E-state index in [0.29, 0.717) is 0 Å². The molecule has 0 saturated heterocycles. The summed E-state index contributed by atoms with van der Waals surface area (Å²) in [5, 5.41) is 2.49. The minimum atomic E-state index is 0.913. The third-order valence-electron chi connectivity index (χ3n) is 4.05. The fourth-order valence-electron chi connectivity index (χ4n) is 3.15. The molecule has 0 aliphatic carbocycles. The fraction of sp³-hybridized carbons (Fsp3) is 0.133. The fourth-order valence-corrected chi connectivity index (χ4v) is 4.49. The maximum absolute atomic E-state index is 4.55. The third kappa shape index (κ3) is 1.10. The molecule has 4 aromatic rings. The maximum atomic E-state index is 4.55. The summed E-state index contributed by atoms with van der Waals surface area (Å²) < 4.78 is 5.94. The Balaban J connectivity index is 1.97. The van der Waals surface area contributed by atoms with Gasteiger partial charge in [-0.3, -0.25) is 9.97 Å². The minimum absolute atomic E-state index is 0.913. The van der Waals surface area contributed by atoms with E-state index in [0.717, 1.165) is 12.2 Å². The lowest BCUT2D eigenvalue weighted by molar-refractivity contribution is -0.644. The van der Waals surface area contributed by atoms with Gasteiger partial charge in [0.05, 0.1) is 12.4 Å². The van der Waals surface area contributed by atoms with Gasteiger partial charge in [-0.2, -0.15) is 0 Å². The molecule has 96 valence electrons. The molecule has 0 fully saturated rings. The van der Waals surface area contributed by atoms with Crippen LogP contribution < -0.4 is 4.57 Å². The number of pyridine rings is 2. The van der Waals surface area contributed by atoms with Crippen molar-refractivity contribution in [2.75, 3.05) is 0 Å². The number of nitrogens with zero attached hydrogens (tertiary/aromatic N) is 4. The molecule has 0 saturated carbocycles. The Morgan fingerprint density at radius 1 is 1.30 bits per heavy atom. The van der Waals surface area contributed by atoms with Crippen LogP contribution in [0.25, 0.3) is 32.0 Å². The molecule has 0 radical (unpaired) electrons. The van der Waals surface area contributed by atoms with Gasteiger partial charge in [0.1, 0.15) is 22.5 Å². The molecular weight excluding hydrogens is 268 g/mol. The lowest BCUT2D eigenvalue weighted by Crippen LogP contribution is -2.32. The Morgan fingerprint density at radius 2 is 2.25 bits per heavy atom. The number of hydrogen-bond acceptors (Lipinski definition) is 3. The zero-order chi connectivity index (χ0) is 13.3. The largest absolute Gasteiger partial charge is 0.301 e. The van der Waals surface area contributed by atoms with Gasteiger partial charge in [-0.05, 0) is 6.07 Å². The zero-order valence-electron chi connectivity index (χ0n) is 10.9. The van der Waals surface area contributed by atoms with Crippen molar-refractivity contribution in [3.63, 3.8) is 0 Å². The molecule has 20 heavy (non-hydrogen) atoms. The van der Waals surface area contributed by atoms with Crippen LogP contribution in [0.3, 0.4) is 0 Å². The van der Waals surface area contributed by atoms with E-state index in [1.165, 1.54) is 31.8 Å². The molecule has 0 N–H and O–H groups in total. The van der Waals surface area contributed by atoms with E-state index >= 15 is 0 Å². The van der Waals surface area contributed by atoms with Gasteiger partial charge in [-0.1, -0.05) is 17.4 Å². The number of thiazole rings is 1. The quantitative estimate of drug-likeness (QED) is 0.408. The molecule has 0 amide bonds. The van der Waals surface area contributed by atoms with Gasteiger partial charge in [-0.25, -0.2) is 9.13 Å². The molecule has 5 rings (SSSR count). The van der Waals surface area contributed by atoms with Crippen molar-refractivity contribution in [1.29, 1.82) is 0 Å². The summed E-state index contributed by atoms with van der Waals surface area (Å²) in [6, 6.07) is 6.26. The average molecular weight is 279 g/mol. The van der Waals surface area contributed by atoms with Crippen LogP contribution in [-0.2, 0) is 13.6 Å². The molecule has 5 heteroatoms. The van der Waals surface area contributed by atoms with E-state index in [-0.39, 0.29) is 0 Å². The molecular formula is C15H11N4S+. The average Bonchev–Trinajstić information content (AvgIpc) is 3.09. The SMILES string of the molecule is Cn1c2ccncc2c2sc3[n+](c21)Cc1cccnc1-3. The van der Waals surface area contributed by atoms with Crippen LogP contribution in [0, 0.1) is 0 Å². The van der Waals surface area contributed by atoms with Crippen molar-refractivity contribution in [2.24, 2.45) is 7.05 Å². The predicted molar refractivity (Wildman–Crippen MR) is 78.6 cm³/mol. The maximum Gasteiger partial charge on any atom is 0.301 e. The molecule has 1 aliphatic heterocycles. The van der Waals surface area contributed by atoms with Crippen LogP contribution >= 0.6 is 11.3 Å². The number of hydrogen-bond donors (Lipinski definition) is 0. The number of fused-ring (bicyclic) bond motifs is 7. The Hall–Kier alpha value is -2.27. The smallest absolute Gasteiger partial charge is 0.264 e. The Bertz CT molecular complexity index is 996. The van der Waals surface area contributed by atoms with E-state index in [1.807, 2.05) is 36.0 Å².